The molecule has 1 heterocycles. The Hall–Kier alpha value is -3.48. The maximum Gasteiger partial charge on any atom is 0.273 e. The summed E-state index contributed by atoms with van der Waals surface area (Å²) in [5.41, 5.74) is 7.91. The highest BCUT2D eigenvalue weighted by atomic mass is 16.6. The molecule has 3 aromatic rings. The summed E-state index contributed by atoms with van der Waals surface area (Å²) >= 11 is 0. The number of para-hydroxylation sites is 1. The molecule has 7 heteroatoms. The Morgan fingerprint density at radius 1 is 1.16 bits per heavy atom. The van der Waals surface area contributed by atoms with Gasteiger partial charge in [0, 0.05) is 42.6 Å². The molecule has 1 aromatic heterocycles. The van der Waals surface area contributed by atoms with Crippen molar-refractivity contribution >= 4 is 11.5 Å². The van der Waals surface area contributed by atoms with Crippen molar-refractivity contribution in [1.29, 1.82) is 5.41 Å². The van der Waals surface area contributed by atoms with Crippen LogP contribution in [0.4, 0.5) is 5.69 Å². The lowest BCUT2D eigenvalue weighted by atomic mass is 10.1. The molecule has 0 aliphatic carbocycles. The number of hydrogen-bond donors (Lipinski definition) is 2. The number of nitrogens with one attached hydrogen (secondary N) is 1. The van der Waals surface area contributed by atoms with E-state index in [4.69, 9.17) is 11.1 Å². The molecule has 0 radical (unpaired) electrons. The molecular weight excluding hydrogens is 318 g/mol. The van der Waals surface area contributed by atoms with Crippen LogP contribution in [0, 0.1) is 15.5 Å². The minimum Gasteiger partial charge on any atom is -0.384 e. The lowest BCUT2D eigenvalue weighted by molar-refractivity contribution is -0.385. The summed E-state index contributed by atoms with van der Waals surface area (Å²) in [5, 5.41) is 18.9. The number of nitrogen functional groups attached to an aromatic ring is 1. The first kappa shape index (κ1) is 16.4. The Balaban J connectivity index is 1.90. The number of nitrogens with zero attached hydrogens (tertiary/aromatic N) is 3. The van der Waals surface area contributed by atoms with Crippen molar-refractivity contribution in [1.82, 2.24) is 9.55 Å². The number of hydrogen-bond acceptors (Lipinski definition) is 4. The fourth-order valence-corrected chi connectivity index (χ4v) is 2.76. The van der Waals surface area contributed by atoms with Gasteiger partial charge in [-0.15, -0.1) is 0 Å². The Morgan fingerprint density at radius 2 is 1.84 bits per heavy atom. The van der Waals surface area contributed by atoms with Crippen LogP contribution in [0.15, 0.2) is 60.9 Å². The van der Waals surface area contributed by atoms with Crippen molar-refractivity contribution in [3.8, 4) is 0 Å². The second-order valence-corrected chi connectivity index (χ2v) is 5.60. The Labute approximate surface area is 144 Å². The third kappa shape index (κ3) is 3.55. The highest BCUT2D eigenvalue weighted by molar-refractivity contribution is 5.96. The number of rotatable bonds is 6. The molecule has 0 fully saturated rings. The summed E-state index contributed by atoms with van der Waals surface area (Å²) in [6.07, 6.45) is 3.84. The van der Waals surface area contributed by atoms with Crippen molar-refractivity contribution in [2.75, 3.05) is 0 Å². The van der Waals surface area contributed by atoms with Gasteiger partial charge in [-0.1, -0.05) is 42.5 Å². The van der Waals surface area contributed by atoms with Crippen molar-refractivity contribution in [2.24, 2.45) is 5.73 Å². The second-order valence-electron chi connectivity index (χ2n) is 5.60. The van der Waals surface area contributed by atoms with Crippen LogP contribution < -0.4 is 5.73 Å². The number of benzene rings is 2. The fourth-order valence-electron chi connectivity index (χ4n) is 2.76. The van der Waals surface area contributed by atoms with Gasteiger partial charge in [0.05, 0.1) is 4.92 Å². The third-order valence-corrected chi connectivity index (χ3v) is 3.99. The molecule has 3 rings (SSSR count). The van der Waals surface area contributed by atoms with E-state index in [9.17, 15) is 10.1 Å². The van der Waals surface area contributed by atoms with Gasteiger partial charge in [-0.3, -0.25) is 15.5 Å². The van der Waals surface area contributed by atoms with E-state index in [1.165, 1.54) is 6.07 Å². The second kappa shape index (κ2) is 6.96. The number of aromatic nitrogens is 2. The van der Waals surface area contributed by atoms with Crippen LogP contribution in [0.2, 0.25) is 0 Å². The fraction of sp³-hybridized carbons (Fsp3) is 0.111. The molecule has 7 nitrogen and oxygen atoms in total. The van der Waals surface area contributed by atoms with Crippen molar-refractivity contribution in [3.63, 3.8) is 0 Å². The molecule has 0 amide bonds. The first-order valence-corrected chi connectivity index (χ1v) is 7.71. The molecular formula is C18H17N5O2. The Morgan fingerprint density at radius 3 is 2.56 bits per heavy atom. The zero-order valence-electron chi connectivity index (χ0n) is 13.4. The summed E-state index contributed by atoms with van der Waals surface area (Å²) in [5.74, 6) is 0.726. The van der Waals surface area contributed by atoms with Crippen molar-refractivity contribution in [3.05, 3.63) is 93.6 Å². The minimum absolute atomic E-state index is 0.0102. The lowest BCUT2D eigenvalue weighted by Crippen LogP contribution is -2.16. The first-order chi connectivity index (χ1) is 12.1. The standard InChI is InChI=1S/C18H17N5O2/c19-18(20)15-7-3-1-6-14(15)12-22-10-9-21-17(22)11-13-5-2-4-8-16(13)23(24)25/h1-10H,11-12H2,(H3,19,20). The van der Waals surface area contributed by atoms with Gasteiger partial charge in [0.15, 0.2) is 0 Å². The number of nitro groups is 1. The van der Waals surface area contributed by atoms with Gasteiger partial charge < -0.3 is 10.3 Å². The van der Waals surface area contributed by atoms with Gasteiger partial charge >= 0.3 is 0 Å². The van der Waals surface area contributed by atoms with Gasteiger partial charge in [0.2, 0.25) is 0 Å². The van der Waals surface area contributed by atoms with Gasteiger partial charge in [-0.25, -0.2) is 4.98 Å². The molecule has 0 bridgehead atoms. The average molecular weight is 335 g/mol. The van der Waals surface area contributed by atoms with E-state index in [2.05, 4.69) is 4.98 Å². The largest absolute Gasteiger partial charge is 0.384 e. The summed E-state index contributed by atoms with van der Waals surface area (Å²) in [6.45, 7) is 0.492. The van der Waals surface area contributed by atoms with Gasteiger partial charge in [-0.2, -0.15) is 0 Å². The predicted molar refractivity (Wildman–Crippen MR) is 94.7 cm³/mol. The van der Waals surface area contributed by atoms with E-state index in [1.54, 1.807) is 30.5 Å². The summed E-state index contributed by atoms with van der Waals surface area (Å²) in [7, 11) is 0. The minimum atomic E-state index is -0.381. The monoisotopic (exact) mass is 335 g/mol. The van der Waals surface area contributed by atoms with E-state index < -0.39 is 0 Å². The number of imidazole rings is 1. The van der Waals surface area contributed by atoms with Crippen molar-refractivity contribution < 1.29 is 4.92 Å². The summed E-state index contributed by atoms with van der Waals surface area (Å²) in [4.78, 5) is 15.1. The predicted octanol–water partition coefficient (Wildman–Crippen LogP) is 2.71. The molecule has 3 N–H and O–H groups in total. The highest BCUT2D eigenvalue weighted by Crippen LogP contribution is 2.21. The first-order valence-electron chi connectivity index (χ1n) is 7.71. The number of nitro benzene ring substituents is 1. The van der Waals surface area contributed by atoms with Gasteiger partial charge in [0.1, 0.15) is 11.7 Å². The van der Waals surface area contributed by atoms with Gasteiger partial charge in [-0.05, 0) is 5.56 Å². The summed E-state index contributed by atoms with van der Waals surface area (Å²) < 4.78 is 1.92. The van der Waals surface area contributed by atoms with Crippen LogP contribution >= 0.6 is 0 Å². The average Bonchev–Trinajstić information content (AvgIpc) is 3.02. The SMILES string of the molecule is N=C(N)c1ccccc1Cn1ccnc1Cc1ccccc1[N+](=O)[O-]. The van der Waals surface area contributed by atoms with Crippen LogP contribution in [0.5, 0.6) is 0 Å². The molecule has 0 aliphatic heterocycles. The van der Waals surface area contributed by atoms with Crippen LogP contribution in [-0.2, 0) is 13.0 Å². The zero-order chi connectivity index (χ0) is 17.8. The molecule has 0 saturated carbocycles. The van der Waals surface area contributed by atoms with E-state index in [0.717, 1.165) is 5.56 Å². The lowest BCUT2D eigenvalue weighted by Gasteiger charge is -2.11. The third-order valence-electron chi connectivity index (χ3n) is 3.99. The van der Waals surface area contributed by atoms with Crippen molar-refractivity contribution in [2.45, 2.75) is 13.0 Å². The zero-order valence-corrected chi connectivity index (χ0v) is 13.4. The Bertz CT molecular complexity index is 858. The Kier molecular flexibility index (Phi) is 4.56. The molecule has 2 aromatic carbocycles. The van der Waals surface area contributed by atoms with Crippen LogP contribution in [0.25, 0.3) is 0 Å². The van der Waals surface area contributed by atoms with E-state index in [0.29, 0.717) is 29.9 Å². The van der Waals surface area contributed by atoms with Gasteiger partial charge in [0.25, 0.3) is 5.69 Å². The van der Waals surface area contributed by atoms with Crippen LogP contribution in [-0.4, -0.2) is 20.3 Å². The molecule has 0 spiro atoms. The maximum atomic E-state index is 11.2. The normalized spacial score (nSPS) is 10.6. The van der Waals surface area contributed by atoms with Crippen LogP contribution in [0.3, 0.4) is 0 Å². The number of amidine groups is 1. The molecule has 0 unspecified atom stereocenters. The summed E-state index contributed by atoms with van der Waals surface area (Å²) in [6, 6.07) is 14.1. The molecule has 126 valence electrons. The van der Waals surface area contributed by atoms with E-state index in [1.807, 2.05) is 29.0 Å². The quantitative estimate of drug-likeness (QED) is 0.312. The topological polar surface area (TPSA) is 111 Å². The molecule has 0 saturated heterocycles. The molecule has 0 atom stereocenters. The molecule has 25 heavy (non-hydrogen) atoms. The van der Waals surface area contributed by atoms with E-state index >= 15 is 0 Å². The molecule has 0 aliphatic rings. The number of nitrogens with two attached hydrogens (primary N) is 1. The van der Waals surface area contributed by atoms with Crippen LogP contribution in [0.1, 0.15) is 22.5 Å². The highest BCUT2D eigenvalue weighted by Gasteiger charge is 2.15. The van der Waals surface area contributed by atoms with E-state index in [-0.39, 0.29) is 16.4 Å². The smallest absolute Gasteiger partial charge is 0.273 e. The maximum absolute atomic E-state index is 11.2.